The molecular formula is C24H38FN3O3. The number of aliphatic hydroxyl groups excluding tert-OH is 1. The van der Waals surface area contributed by atoms with E-state index in [4.69, 9.17) is 9.90 Å². The monoisotopic (exact) mass is 435 g/mol. The van der Waals surface area contributed by atoms with Gasteiger partial charge in [0.1, 0.15) is 12.6 Å². The van der Waals surface area contributed by atoms with Crippen LogP contribution in [0.3, 0.4) is 0 Å². The van der Waals surface area contributed by atoms with E-state index < -0.39 is 0 Å². The normalized spacial score (nSPS) is 19.6. The van der Waals surface area contributed by atoms with Crippen molar-refractivity contribution < 1.29 is 19.1 Å². The Morgan fingerprint density at radius 1 is 1.13 bits per heavy atom. The first-order valence-corrected chi connectivity index (χ1v) is 10.9. The van der Waals surface area contributed by atoms with E-state index in [0.717, 1.165) is 71.2 Å². The number of nitrogens with one attached hydrogen (secondary N) is 2. The van der Waals surface area contributed by atoms with Crippen LogP contribution < -0.4 is 10.6 Å². The van der Waals surface area contributed by atoms with Crippen molar-refractivity contribution >= 4 is 18.8 Å². The van der Waals surface area contributed by atoms with E-state index in [9.17, 15) is 9.18 Å². The van der Waals surface area contributed by atoms with Gasteiger partial charge in [0.05, 0.1) is 0 Å². The van der Waals surface area contributed by atoms with E-state index in [1.54, 1.807) is 18.2 Å². The molecule has 174 valence electrons. The first-order valence-electron chi connectivity index (χ1n) is 10.9. The summed E-state index contributed by atoms with van der Waals surface area (Å²) in [5, 5.41) is 13.8. The van der Waals surface area contributed by atoms with Gasteiger partial charge in [-0.2, -0.15) is 0 Å². The lowest BCUT2D eigenvalue weighted by Gasteiger charge is -2.50. The summed E-state index contributed by atoms with van der Waals surface area (Å²) in [6, 6.07) is 6.31. The molecule has 0 atom stereocenters. The quantitative estimate of drug-likeness (QED) is 0.665. The lowest BCUT2D eigenvalue weighted by atomic mass is 9.57. The molecule has 1 amide bonds. The minimum absolute atomic E-state index is 0.215. The average molecular weight is 436 g/mol. The van der Waals surface area contributed by atoms with E-state index in [1.807, 2.05) is 6.79 Å². The third-order valence-electron chi connectivity index (χ3n) is 6.11. The molecule has 0 bridgehead atoms. The highest BCUT2D eigenvalue weighted by Gasteiger charge is 2.48. The van der Waals surface area contributed by atoms with Gasteiger partial charge in [-0.3, -0.25) is 4.79 Å². The lowest BCUT2D eigenvalue weighted by molar-refractivity contribution is -0.144. The average Bonchev–Trinajstić information content (AvgIpc) is 3.10. The Labute approximate surface area is 185 Å². The minimum atomic E-state index is -0.215. The molecule has 6 nitrogen and oxygen atoms in total. The lowest BCUT2D eigenvalue weighted by Crippen LogP contribution is -2.51. The van der Waals surface area contributed by atoms with Crippen molar-refractivity contribution in [3.05, 3.63) is 42.2 Å². The molecule has 3 fully saturated rings. The van der Waals surface area contributed by atoms with Crippen LogP contribution >= 0.6 is 0 Å². The van der Waals surface area contributed by atoms with Crippen molar-refractivity contribution in [2.75, 3.05) is 46.4 Å². The highest BCUT2D eigenvalue weighted by atomic mass is 19.1. The van der Waals surface area contributed by atoms with Crippen molar-refractivity contribution in [3.8, 4) is 0 Å². The summed E-state index contributed by atoms with van der Waals surface area (Å²) in [4.78, 5) is 22.5. The molecule has 0 radical (unpaired) electrons. The van der Waals surface area contributed by atoms with Crippen LogP contribution in [0.4, 0.5) is 4.39 Å². The van der Waals surface area contributed by atoms with Crippen LogP contribution in [0.25, 0.3) is 6.08 Å². The first-order chi connectivity index (χ1) is 15.1. The van der Waals surface area contributed by atoms with Gasteiger partial charge in [0.15, 0.2) is 0 Å². The Morgan fingerprint density at radius 2 is 1.77 bits per heavy atom. The minimum Gasteiger partial charge on any atom is -0.400 e. The molecular weight excluding hydrogens is 397 g/mol. The zero-order valence-corrected chi connectivity index (χ0v) is 18.7. The van der Waals surface area contributed by atoms with Gasteiger partial charge in [0.2, 0.25) is 5.91 Å². The Kier molecular flexibility index (Phi) is 12.9. The third kappa shape index (κ3) is 8.51. The highest BCUT2D eigenvalue weighted by Crippen LogP contribution is 2.52. The van der Waals surface area contributed by atoms with Crippen molar-refractivity contribution in [1.29, 1.82) is 0 Å². The molecule has 1 aromatic carbocycles. The standard InChI is InChI=1S/C14H25N3O.C8H7F.CH4O.CH2O/c18-13(17-8-1-4-15-7-9-17)12-10-14(11-12)2-5-16-6-3-14;1-2-7-4-3-5-8(9)6-7;2*1-2/h12,15-16H,1-11H2;2-6H,1H2;2H,1H3;1H2. The van der Waals surface area contributed by atoms with Gasteiger partial charge in [-0.05, 0) is 74.8 Å². The highest BCUT2D eigenvalue weighted by molar-refractivity contribution is 5.80. The van der Waals surface area contributed by atoms with Crippen molar-refractivity contribution in [3.63, 3.8) is 0 Å². The largest absolute Gasteiger partial charge is 0.400 e. The Bertz CT molecular complexity index is 649. The second-order valence-corrected chi connectivity index (χ2v) is 8.04. The molecule has 3 aliphatic rings. The summed E-state index contributed by atoms with van der Waals surface area (Å²) < 4.78 is 12.3. The second-order valence-electron chi connectivity index (χ2n) is 8.04. The molecule has 1 spiro atoms. The van der Waals surface area contributed by atoms with E-state index in [2.05, 4.69) is 22.1 Å². The fourth-order valence-electron chi connectivity index (χ4n) is 4.48. The molecule has 1 aromatic rings. The summed E-state index contributed by atoms with van der Waals surface area (Å²) >= 11 is 0. The molecule has 4 rings (SSSR count). The molecule has 2 heterocycles. The number of hydrogen-bond acceptors (Lipinski definition) is 5. The predicted octanol–water partition coefficient (Wildman–Crippen LogP) is 2.48. The number of benzene rings is 1. The predicted molar refractivity (Wildman–Crippen MR) is 123 cm³/mol. The number of aliphatic hydroxyl groups is 1. The smallest absolute Gasteiger partial charge is 0.225 e. The number of rotatable bonds is 2. The molecule has 0 aromatic heterocycles. The maximum Gasteiger partial charge on any atom is 0.225 e. The summed E-state index contributed by atoms with van der Waals surface area (Å²) in [7, 11) is 1.00. The number of carbonyl (C=O) groups excluding carboxylic acids is 2. The van der Waals surface area contributed by atoms with E-state index in [0.29, 0.717) is 17.2 Å². The van der Waals surface area contributed by atoms with Gasteiger partial charge in [-0.25, -0.2) is 4.39 Å². The fourth-order valence-corrected chi connectivity index (χ4v) is 4.48. The Hall–Kier alpha value is -2.09. The van der Waals surface area contributed by atoms with Crippen LogP contribution in [0.15, 0.2) is 30.8 Å². The zero-order valence-electron chi connectivity index (χ0n) is 18.7. The van der Waals surface area contributed by atoms with E-state index in [1.165, 1.54) is 25.0 Å². The van der Waals surface area contributed by atoms with Crippen LogP contribution in [0.2, 0.25) is 0 Å². The summed E-state index contributed by atoms with van der Waals surface area (Å²) in [6.45, 7) is 11.7. The summed E-state index contributed by atoms with van der Waals surface area (Å²) in [5.74, 6) is 0.552. The third-order valence-corrected chi connectivity index (χ3v) is 6.11. The zero-order chi connectivity index (χ0) is 23.1. The Morgan fingerprint density at radius 3 is 2.35 bits per heavy atom. The number of amides is 1. The van der Waals surface area contributed by atoms with Gasteiger partial charge in [-0.15, -0.1) is 0 Å². The summed E-state index contributed by atoms with van der Waals surface area (Å²) in [5.41, 5.74) is 1.34. The number of hydrogen-bond donors (Lipinski definition) is 3. The first kappa shape index (κ1) is 26.9. The maximum absolute atomic E-state index is 12.4. The van der Waals surface area contributed by atoms with Crippen molar-refractivity contribution in [1.82, 2.24) is 15.5 Å². The van der Waals surface area contributed by atoms with E-state index >= 15 is 0 Å². The number of halogens is 1. The molecule has 2 saturated heterocycles. The second kappa shape index (κ2) is 14.8. The Balaban J connectivity index is 0.000000313. The van der Waals surface area contributed by atoms with Crippen LogP contribution in [0, 0.1) is 17.2 Å². The van der Waals surface area contributed by atoms with Crippen molar-refractivity contribution in [2.24, 2.45) is 11.3 Å². The number of piperidine rings is 1. The number of nitrogens with zero attached hydrogens (tertiary/aromatic N) is 1. The molecule has 7 heteroatoms. The maximum atomic E-state index is 12.4. The molecule has 31 heavy (non-hydrogen) atoms. The van der Waals surface area contributed by atoms with Gasteiger partial charge in [0, 0.05) is 32.7 Å². The fraction of sp³-hybridized carbons (Fsp3) is 0.583. The van der Waals surface area contributed by atoms with Crippen LogP contribution in [-0.2, 0) is 9.59 Å². The van der Waals surface area contributed by atoms with Crippen molar-refractivity contribution in [2.45, 2.75) is 32.1 Å². The summed E-state index contributed by atoms with van der Waals surface area (Å²) in [6.07, 6.45) is 7.57. The van der Waals surface area contributed by atoms with Gasteiger partial charge in [-0.1, -0.05) is 24.8 Å². The number of carbonyl (C=O) groups is 2. The molecule has 1 saturated carbocycles. The van der Waals surface area contributed by atoms with Crippen LogP contribution in [0.1, 0.15) is 37.7 Å². The molecule has 2 aliphatic heterocycles. The van der Waals surface area contributed by atoms with Crippen LogP contribution in [-0.4, -0.2) is 69.1 Å². The van der Waals surface area contributed by atoms with Gasteiger partial charge >= 0.3 is 0 Å². The van der Waals surface area contributed by atoms with E-state index in [-0.39, 0.29) is 5.82 Å². The SMILES string of the molecule is C=Cc1cccc(F)c1.C=O.CO.O=C(C1CC2(CCNCC2)C1)N1CCCNCC1. The van der Waals surface area contributed by atoms with Gasteiger partial charge in [0.25, 0.3) is 0 Å². The van der Waals surface area contributed by atoms with Gasteiger partial charge < -0.3 is 25.4 Å². The molecule has 0 unspecified atom stereocenters. The molecule has 3 N–H and O–H groups in total. The van der Waals surface area contributed by atoms with Crippen LogP contribution in [0.5, 0.6) is 0 Å². The topological polar surface area (TPSA) is 81.7 Å². The molecule has 1 aliphatic carbocycles.